The second-order valence-electron chi connectivity index (χ2n) is 4.12. The summed E-state index contributed by atoms with van der Waals surface area (Å²) in [5.74, 6) is -0.555. The molecule has 1 fully saturated rings. The smallest absolute Gasteiger partial charge is 0.291 e. The Morgan fingerprint density at radius 3 is 2.71 bits per heavy atom. The van der Waals surface area contributed by atoms with Crippen molar-refractivity contribution in [2.75, 3.05) is 0 Å². The number of nitrogens with two attached hydrogens (primary N) is 1. The lowest BCUT2D eigenvalue weighted by atomic mass is 10.1. The van der Waals surface area contributed by atoms with Crippen molar-refractivity contribution in [3.05, 3.63) is 30.1 Å². The Bertz CT molecular complexity index is 437. The first-order valence-corrected chi connectivity index (χ1v) is 5.33. The van der Waals surface area contributed by atoms with Gasteiger partial charge in [-0.15, -0.1) is 0 Å². The number of amides is 1. The van der Waals surface area contributed by atoms with E-state index in [0.717, 1.165) is 0 Å². The van der Waals surface area contributed by atoms with Gasteiger partial charge in [-0.05, 0) is 13.0 Å². The first-order chi connectivity index (χ1) is 8.00. The molecule has 1 aliphatic rings. The van der Waals surface area contributed by atoms with Crippen molar-refractivity contribution < 1.29 is 24.3 Å². The average molecular weight is 239 g/mol. The van der Waals surface area contributed by atoms with Gasteiger partial charge in [0.15, 0.2) is 18.5 Å². The monoisotopic (exact) mass is 239 g/mol. The maximum atomic E-state index is 11.0. The van der Waals surface area contributed by atoms with Gasteiger partial charge in [-0.3, -0.25) is 4.79 Å². The molecule has 6 nitrogen and oxygen atoms in total. The van der Waals surface area contributed by atoms with Crippen LogP contribution < -0.4 is 10.3 Å². The molecule has 2 rings (SSSR count). The quantitative estimate of drug-likeness (QED) is 0.559. The molecule has 0 saturated carbocycles. The maximum absolute atomic E-state index is 11.0. The lowest BCUT2D eigenvalue weighted by Crippen LogP contribution is -2.46. The zero-order valence-electron chi connectivity index (χ0n) is 9.35. The summed E-state index contributed by atoms with van der Waals surface area (Å²) < 4.78 is 6.94. The van der Waals surface area contributed by atoms with Crippen LogP contribution in [0.2, 0.25) is 0 Å². The van der Waals surface area contributed by atoms with E-state index in [9.17, 15) is 15.0 Å². The van der Waals surface area contributed by atoms with E-state index in [1.165, 1.54) is 10.8 Å². The number of aliphatic hydroxyl groups is 2. The molecule has 17 heavy (non-hydrogen) atoms. The fourth-order valence-electron chi connectivity index (χ4n) is 1.87. The molecule has 0 radical (unpaired) electrons. The molecule has 92 valence electrons. The van der Waals surface area contributed by atoms with Gasteiger partial charge < -0.3 is 20.7 Å². The van der Waals surface area contributed by atoms with Gasteiger partial charge in [-0.25, -0.2) is 0 Å². The number of aromatic nitrogens is 1. The summed E-state index contributed by atoms with van der Waals surface area (Å²) >= 11 is 0. The van der Waals surface area contributed by atoms with E-state index in [-0.39, 0.29) is 0 Å². The third-order valence-electron chi connectivity index (χ3n) is 2.88. The normalized spacial score (nSPS) is 32.6. The predicted octanol–water partition coefficient (Wildman–Crippen LogP) is -1.29. The van der Waals surface area contributed by atoms with Crippen LogP contribution in [-0.2, 0) is 4.74 Å². The number of carbonyl (C=O) groups is 1. The number of ether oxygens (including phenoxy) is 1. The van der Waals surface area contributed by atoms with Crippen molar-refractivity contribution >= 4 is 5.91 Å². The lowest BCUT2D eigenvalue weighted by molar-refractivity contribution is -0.765. The standard InChI is InChI=1S/C11H14N2O4/c1-6-8(14)9(15)11(17-6)13-4-2-3-7(5-13)10(12)16/h2-6,8-9,11,14-15H,1H3,(H-,12,16)/p+1/t6-,8+,9?,11-/m1/s1. The summed E-state index contributed by atoms with van der Waals surface area (Å²) in [5, 5.41) is 19.4. The summed E-state index contributed by atoms with van der Waals surface area (Å²) in [6.45, 7) is 1.67. The minimum Gasteiger partial charge on any atom is -0.387 e. The first kappa shape index (κ1) is 12.0. The van der Waals surface area contributed by atoms with E-state index < -0.39 is 30.4 Å². The molecule has 1 aromatic heterocycles. The molecule has 4 atom stereocenters. The number of primary amides is 1. The molecule has 0 spiro atoms. The Kier molecular flexibility index (Phi) is 3.10. The van der Waals surface area contributed by atoms with E-state index in [0.29, 0.717) is 5.56 Å². The molecule has 1 saturated heterocycles. The largest absolute Gasteiger partial charge is 0.387 e. The third kappa shape index (κ3) is 2.14. The number of hydrogen-bond donors (Lipinski definition) is 3. The lowest BCUT2D eigenvalue weighted by Gasteiger charge is -2.09. The Hall–Kier alpha value is -1.50. The van der Waals surface area contributed by atoms with Crippen LogP contribution >= 0.6 is 0 Å². The molecule has 1 aromatic rings. The average Bonchev–Trinajstić information content (AvgIpc) is 2.57. The molecule has 0 bridgehead atoms. The number of rotatable bonds is 2. The number of hydrogen-bond acceptors (Lipinski definition) is 4. The van der Waals surface area contributed by atoms with Crippen LogP contribution in [0.3, 0.4) is 0 Å². The zero-order valence-corrected chi connectivity index (χ0v) is 9.35. The van der Waals surface area contributed by atoms with Crippen molar-refractivity contribution in [3.63, 3.8) is 0 Å². The number of carbonyl (C=O) groups excluding carboxylic acids is 1. The summed E-state index contributed by atoms with van der Waals surface area (Å²) in [5.41, 5.74) is 5.48. The van der Waals surface area contributed by atoms with E-state index in [2.05, 4.69) is 0 Å². The molecule has 1 unspecified atom stereocenters. The molecule has 4 N–H and O–H groups in total. The molecule has 6 heteroatoms. The van der Waals surface area contributed by atoms with Crippen molar-refractivity contribution in [2.24, 2.45) is 5.73 Å². The summed E-state index contributed by atoms with van der Waals surface area (Å²) in [6.07, 6.45) is -0.00612. The molecule has 0 aliphatic carbocycles. The van der Waals surface area contributed by atoms with Crippen LogP contribution in [0.5, 0.6) is 0 Å². The predicted molar refractivity (Wildman–Crippen MR) is 56.8 cm³/mol. The SMILES string of the molecule is C[C@H]1O[C@@H]([n+]2cccc(C(N)=O)c2)C(O)[C@H]1O. The topological polar surface area (TPSA) is 96.7 Å². The third-order valence-corrected chi connectivity index (χ3v) is 2.88. The van der Waals surface area contributed by atoms with Crippen molar-refractivity contribution in [2.45, 2.75) is 31.5 Å². The maximum Gasteiger partial charge on any atom is 0.291 e. The van der Waals surface area contributed by atoms with Gasteiger partial charge in [0, 0.05) is 6.07 Å². The minimum atomic E-state index is -1.03. The van der Waals surface area contributed by atoms with E-state index in [1.54, 1.807) is 25.3 Å². The summed E-state index contributed by atoms with van der Waals surface area (Å²) in [6, 6.07) is 3.20. The molecule has 1 aliphatic heterocycles. The molecule has 2 heterocycles. The van der Waals surface area contributed by atoms with E-state index in [1.807, 2.05) is 0 Å². The van der Waals surface area contributed by atoms with Crippen molar-refractivity contribution in [3.8, 4) is 0 Å². The molecular weight excluding hydrogens is 224 g/mol. The van der Waals surface area contributed by atoms with Crippen LogP contribution in [0.15, 0.2) is 24.5 Å². The number of nitrogens with zero attached hydrogens (tertiary/aromatic N) is 1. The molecule has 1 amide bonds. The van der Waals surface area contributed by atoms with Gasteiger partial charge in [-0.1, -0.05) is 0 Å². The van der Waals surface area contributed by atoms with Crippen LogP contribution in [-0.4, -0.2) is 34.4 Å². The zero-order chi connectivity index (χ0) is 12.6. The molecular formula is C11H15N2O4+. The number of aliphatic hydroxyl groups excluding tert-OH is 2. The van der Waals surface area contributed by atoms with Crippen LogP contribution in [0.1, 0.15) is 23.5 Å². The summed E-state index contributed by atoms with van der Waals surface area (Å²) in [7, 11) is 0. The second kappa shape index (κ2) is 4.40. The van der Waals surface area contributed by atoms with Gasteiger partial charge in [0.05, 0.1) is 6.10 Å². The van der Waals surface area contributed by atoms with Crippen molar-refractivity contribution in [1.29, 1.82) is 0 Å². The Morgan fingerprint density at radius 2 is 2.18 bits per heavy atom. The van der Waals surface area contributed by atoms with Gasteiger partial charge in [-0.2, -0.15) is 4.57 Å². The summed E-state index contributed by atoms with van der Waals surface area (Å²) in [4.78, 5) is 11.0. The fourth-order valence-corrected chi connectivity index (χ4v) is 1.87. The fraction of sp³-hybridized carbons (Fsp3) is 0.455. The number of pyridine rings is 1. The highest BCUT2D eigenvalue weighted by molar-refractivity contribution is 5.92. The van der Waals surface area contributed by atoms with Gasteiger partial charge >= 0.3 is 0 Å². The van der Waals surface area contributed by atoms with Crippen LogP contribution in [0.4, 0.5) is 0 Å². The minimum absolute atomic E-state index is 0.317. The second-order valence-corrected chi connectivity index (χ2v) is 4.12. The van der Waals surface area contributed by atoms with Gasteiger partial charge in [0.1, 0.15) is 11.7 Å². The Morgan fingerprint density at radius 1 is 1.47 bits per heavy atom. The van der Waals surface area contributed by atoms with Gasteiger partial charge in [0.2, 0.25) is 0 Å². The Balaban J connectivity index is 2.29. The van der Waals surface area contributed by atoms with Crippen LogP contribution in [0.25, 0.3) is 0 Å². The highest BCUT2D eigenvalue weighted by Crippen LogP contribution is 2.24. The molecule has 0 aromatic carbocycles. The highest BCUT2D eigenvalue weighted by atomic mass is 16.6. The van der Waals surface area contributed by atoms with Crippen molar-refractivity contribution in [1.82, 2.24) is 0 Å². The van der Waals surface area contributed by atoms with E-state index in [4.69, 9.17) is 10.5 Å². The van der Waals surface area contributed by atoms with Gasteiger partial charge in [0.25, 0.3) is 12.1 Å². The van der Waals surface area contributed by atoms with Crippen LogP contribution in [0, 0.1) is 0 Å². The first-order valence-electron chi connectivity index (χ1n) is 5.33. The Labute approximate surface area is 98.2 Å². The highest BCUT2D eigenvalue weighted by Gasteiger charge is 2.46. The van der Waals surface area contributed by atoms with E-state index >= 15 is 0 Å².